The highest BCUT2D eigenvalue weighted by molar-refractivity contribution is 7.86. The summed E-state index contributed by atoms with van der Waals surface area (Å²) in [7, 11) is -0.367. The second-order valence-electron chi connectivity index (χ2n) is 7.19. The van der Waals surface area contributed by atoms with Gasteiger partial charge in [0.25, 0.3) is 10.2 Å². The maximum Gasteiger partial charge on any atom is 0.490 e. The molecule has 176 valence electrons. The van der Waals surface area contributed by atoms with Crippen LogP contribution in [0, 0.1) is 11.7 Å². The lowest BCUT2D eigenvalue weighted by atomic mass is 9.80. The molecule has 31 heavy (non-hydrogen) atoms. The van der Waals surface area contributed by atoms with E-state index in [1.165, 1.54) is 41.0 Å². The van der Waals surface area contributed by atoms with Gasteiger partial charge in [0.2, 0.25) is 5.88 Å². The Morgan fingerprint density at radius 3 is 2.55 bits per heavy atom. The summed E-state index contributed by atoms with van der Waals surface area (Å²) in [5.74, 6) is -3.05. The van der Waals surface area contributed by atoms with Crippen molar-refractivity contribution >= 4 is 16.2 Å². The summed E-state index contributed by atoms with van der Waals surface area (Å²) in [6.07, 6.45) is -2.08. The first-order valence-corrected chi connectivity index (χ1v) is 10.5. The van der Waals surface area contributed by atoms with Crippen molar-refractivity contribution in [3.05, 3.63) is 24.1 Å². The molecule has 1 spiro atoms. The average molecular weight is 473 g/mol. The number of aromatic nitrogens is 1. The summed E-state index contributed by atoms with van der Waals surface area (Å²) in [5, 5.41) is 7.12. The quantitative estimate of drug-likeness (QED) is 0.624. The molecule has 1 aromatic heterocycles. The standard InChI is InChI=1S/C15H22FN3O4S.C2HF3O2/c1-18(2)24(20,21)19-10-15(11-19)12(6-9-23-15)5-8-22-14-13(16)4-3-7-17-14;3-2(4,5)1(6)7/h3-4,7,12H,5-6,8-11H2,1-2H3;(H,6,7). The number of aliphatic carboxylic acids is 1. The fraction of sp³-hybridized carbons (Fsp3) is 0.647. The molecule has 2 aliphatic rings. The Balaban J connectivity index is 0.000000423. The molecule has 14 heteroatoms. The molecule has 0 radical (unpaired) electrons. The van der Waals surface area contributed by atoms with Gasteiger partial charge in [-0.15, -0.1) is 0 Å². The molecule has 0 amide bonds. The van der Waals surface area contributed by atoms with E-state index in [1.54, 1.807) is 0 Å². The molecule has 1 N–H and O–H groups in total. The minimum absolute atomic E-state index is 0.00381. The normalized spacial score (nSPS) is 20.8. The minimum Gasteiger partial charge on any atom is -0.476 e. The lowest BCUT2D eigenvalue weighted by molar-refractivity contribution is -0.192. The Morgan fingerprint density at radius 1 is 1.42 bits per heavy atom. The van der Waals surface area contributed by atoms with Crippen LogP contribution >= 0.6 is 0 Å². The topological polar surface area (TPSA) is 109 Å². The van der Waals surface area contributed by atoms with Crippen molar-refractivity contribution in [2.45, 2.75) is 24.6 Å². The molecule has 9 nitrogen and oxygen atoms in total. The number of hydrogen-bond acceptors (Lipinski definition) is 6. The maximum absolute atomic E-state index is 13.5. The Labute approximate surface area is 176 Å². The zero-order valence-corrected chi connectivity index (χ0v) is 17.6. The van der Waals surface area contributed by atoms with Gasteiger partial charge in [-0.1, -0.05) is 0 Å². The predicted molar refractivity (Wildman–Crippen MR) is 99.0 cm³/mol. The molecule has 2 aliphatic heterocycles. The Kier molecular flexibility index (Phi) is 7.84. The van der Waals surface area contributed by atoms with Crippen molar-refractivity contribution in [2.75, 3.05) is 40.4 Å². The summed E-state index contributed by atoms with van der Waals surface area (Å²) < 4.78 is 83.3. The molecule has 0 saturated carbocycles. The van der Waals surface area contributed by atoms with Crippen LogP contribution in [-0.2, 0) is 19.7 Å². The van der Waals surface area contributed by atoms with Gasteiger partial charge in [0, 0.05) is 40.0 Å². The van der Waals surface area contributed by atoms with E-state index in [2.05, 4.69) is 4.98 Å². The van der Waals surface area contributed by atoms with Crippen molar-refractivity contribution in [1.82, 2.24) is 13.6 Å². The van der Waals surface area contributed by atoms with E-state index < -0.39 is 33.8 Å². The van der Waals surface area contributed by atoms with Crippen LogP contribution in [0.3, 0.4) is 0 Å². The van der Waals surface area contributed by atoms with Gasteiger partial charge >= 0.3 is 12.1 Å². The van der Waals surface area contributed by atoms with Crippen LogP contribution in [-0.4, -0.2) is 85.3 Å². The maximum atomic E-state index is 13.5. The first-order chi connectivity index (χ1) is 14.3. The van der Waals surface area contributed by atoms with Crippen LogP contribution in [0.1, 0.15) is 12.8 Å². The summed E-state index contributed by atoms with van der Waals surface area (Å²) in [5.41, 5.74) is -0.435. The highest BCUT2D eigenvalue weighted by Gasteiger charge is 2.56. The Morgan fingerprint density at radius 2 is 2.03 bits per heavy atom. The molecule has 1 atom stereocenters. The van der Waals surface area contributed by atoms with Gasteiger partial charge in [-0.05, 0) is 30.9 Å². The second-order valence-corrected chi connectivity index (χ2v) is 9.33. The largest absolute Gasteiger partial charge is 0.490 e. The number of carbonyl (C=O) groups is 1. The molecule has 2 saturated heterocycles. The third kappa shape index (κ3) is 6.02. The van der Waals surface area contributed by atoms with E-state index in [1.807, 2.05) is 0 Å². The highest BCUT2D eigenvalue weighted by Crippen LogP contribution is 2.43. The first-order valence-electron chi connectivity index (χ1n) is 9.14. The lowest BCUT2D eigenvalue weighted by Gasteiger charge is -2.49. The number of alkyl halides is 3. The zero-order chi connectivity index (χ0) is 23.4. The Hall–Kier alpha value is -2.03. The molecule has 2 fully saturated rings. The van der Waals surface area contributed by atoms with Crippen LogP contribution in [0.5, 0.6) is 5.88 Å². The fourth-order valence-corrected chi connectivity index (χ4v) is 4.49. The minimum atomic E-state index is -5.08. The number of rotatable bonds is 6. The van der Waals surface area contributed by atoms with Gasteiger partial charge in [0.1, 0.15) is 0 Å². The number of carboxylic acid groups (broad SMARTS) is 1. The summed E-state index contributed by atoms with van der Waals surface area (Å²) in [6, 6.07) is 2.81. The molecule has 1 unspecified atom stereocenters. The number of hydrogen-bond donors (Lipinski definition) is 1. The molecule has 0 bridgehead atoms. The van der Waals surface area contributed by atoms with Crippen molar-refractivity contribution in [3.63, 3.8) is 0 Å². The SMILES string of the molecule is CN(C)S(=O)(=O)N1CC2(C1)OCCC2CCOc1ncccc1F.O=C(O)C(F)(F)F. The van der Waals surface area contributed by atoms with Crippen LogP contribution in [0.25, 0.3) is 0 Å². The molecule has 1 aromatic rings. The molecular weight excluding hydrogens is 450 g/mol. The molecule has 3 rings (SSSR count). The number of pyridine rings is 1. The van der Waals surface area contributed by atoms with Crippen molar-refractivity contribution in [3.8, 4) is 5.88 Å². The smallest absolute Gasteiger partial charge is 0.476 e. The van der Waals surface area contributed by atoms with E-state index in [0.717, 1.165) is 6.42 Å². The highest BCUT2D eigenvalue weighted by atomic mass is 32.2. The van der Waals surface area contributed by atoms with Gasteiger partial charge in [0.05, 0.1) is 12.2 Å². The number of halogens is 4. The number of ether oxygens (including phenoxy) is 2. The summed E-state index contributed by atoms with van der Waals surface area (Å²) in [6.45, 7) is 1.65. The Bertz CT molecular complexity index is 875. The second kappa shape index (κ2) is 9.63. The first kappa shape index (κ1) is 25.2. The van der Waals surface area contributed by atoms with E-state index in [-0.39, 0.29) is 11.8 Å². The summed E-state index contributed by atoms with van der Waals surface area (Å²) >= 11 is 0. The van der Waals surface area contributed by atoms with Crippen LogP contribution < -0.4 is 4.74 Å². The molecule has 0 aliphatic carbocycles. The zero-order valence-electron chi connectivity index (χ0n) is 16.8. The van der Waals surface area contributed by atoms with Gasteiger partial charge in [0.15, 0.2) is 5.82 Å². The van der Waals surface area contributed by atoms with Gasteiger partial charge in [-0.3, -0.25) is 0 Å². The fourth-order valence-electron chi connectivity index (χ4n) is 3.26. The predicted octanol–water partition coefficient (Wildman–Crippen LogP) is 1.52. The van der Waals surface area contributed by atoms with Gasteiger partial charge in [-0.2, -0.15) is 30.2 Å². The van der Waals surface area contributed by atoms with Crippen molar-refractivity contribution < 1.29 is 45.4 Å². The van der Waals surface area contributed by atoms with Crippen LogP contribution in [0.15, 0.2) is 18.3 Å². The number of carboxylic acids is 1. The molecule has 0 aromatic carbocycles. The number of nitrogens with zero attached hydrogens (tertiary/aromatic N) is 3. The van der Waals surface area contributed by atoms with Crippen molar-refractivity contribution in [2.24, 2.45) is 5.92 Å². The van der Waals surface area contributed by atoms with Crippen LogP contribution in [0.2, 0.25) is 0 Å². The van der Waals surface area contributed by atoms with Gasteiger partial charge in [-0.25, -0.2) is 14.2 Å². The van der Waals surface area contributed by atoms with Gasteiger partial charge < -0.3 is 14.6 Å². The lowest BCUT2D eigenvalue weighted by Crippen LogP contribution is -2.67. The third-order valence-electron chi connectivity index (χ3n) is 4.95. The molecular formula is C17H23F4N3O6S. The molecule has 3 heterocycles. The van der Waals surface area contributed by atoms with E-state index in [9.17, 15) is 26.0 Å². The average Bonchev–Trinajstić information content (AvgIpc) is 3.05. The monoisotopic (exact) mass is 473 g/mol. The third-order valence-corrected chi connectivity index (χ3v) is 6.78. The van der Waals surface area contributed by atoms with E-state index >= 15 is 0 Å². The van der Waals surface area contributed by atoms with E-state index in [0.29, 0.717) is 32.7 Å². The summed E-state index contributed by atoms with van der Waals surface area (Å²) in [4.78, 5) is 12.8. The van der Waals surface area contributed by atoms with E-state index in [4.69, 9.17) is 19.4 Å². The van der Waals surface area contributed by atoms with Crippen LogP contribution in [0.4, 0.5) is 17.6 Å². The van der Waals surface area contributed by atoms with Crippen molar-refractivity contribution in [1.29, 1.82) is 0 Å².